The number of hydrogen-bond donors (Lipinski definition) is 1. The van der Waals surface area contributed by atoms with E-state index in [1.807, 2.05) is 0 Å². The minimum Gasteiger partial charge on any atom is -0.493 e. The zero-order chi connectivity index (χ0) is 19.1. The van der Waals surface area contributed by atoms with Crippen molar-refractivity contribution in [3.63, 3.8) is 0 Å². The third-order valence-electron chi connectivity index (χ3n) is 4.11. The van der Waals surface area contributed by atoms with Crippen molar-refractivity contribution in [1.29, 1.82) is 0 Å². The maximum atomic E-state index is 10.4. The quantitative estimate of drug-likeness (QED) is 0.486. The average molecular weight is 468 g/mol. The highest BCUT2D eigenvalue weighted by atomic mass is 31.0. The first-order valence-corrected chi connectivity index (χ1v) is 9.98. The van der Waals surface area contributed by atoms with Crippen molar-refractivity contribution in [2.45, 2.75) is 49.0 Å². The summed E-state index contributed by atoms with van der Waals surface area (Å²) in [6.07, 6.45) is -2.09. The van der Waals surface area contributed by atoms with Gasteiger partial charge in [-0.25, -0.2) is 0 Å². The molecular formula is C12H25O9P5. The molecule has 1 fully saturated rings. The summed E-state index contributed by atoms with van der Waals surface area (Å²) < 4.78 is 43.8. The van der Waals surface area contributed by atoms with Crippen LogP contribution in [0.1, 0.15) is 0 Å². The van der Waals surface area contributed by atoms with Gasteiger partial charge in [0.25, 0.3) is 0 Å². The third kappa shape index (κ3) is 5.71. The molecular weight excluding hydrogens is 443 g/mol. The number of ether oxygens (including phenoxy) is 3. The zero-order valence-corrected chi connectivity index (χ0v) is 19.6. The molecule has 9 nitrogen and oxygen atoms in total. The largest absolute Gasteiger partial charge is 0.493 e. The van der Waals surface area contributed by atoms with E-state index >= 15 is 0 Å². The molecule has 0 amide bonds. The summed E-state index contributed by atoms with van der Waals surface area (Å²) in [5, 5.41) is 10.4. The first-order chi connectivity index (χ1) is 12.6. The molecule has 1 saturated heterocycles. The summed E-state index contributed by atoms with van der Waals surface area (Å²) in [6, 6.07) is 0. The molecule has 0 spiro atoms. The monoisotopic (exact) mass is 468 g/mol. The number of rotatable bonds is 9. The van der Waals surface area contributed by atoms with Crippen LogP contribution in [0.15, 0.2) is 12.3 Å². The maximum Gasteiger partial charge on any atom is 0.187 e. The van der Waals surface area contributed by atoms with E-state index in [1.165, 1.54) is 6.26 Å². The Hall–Kier alpha value is 1.37. The van der Waals surface area contributed by atoms with Gasteiger partial charge in [0, 0.05) is 47.3 Å². The van der Waals surface area contributed by atoms with Crippen molar-refractivity contribution in [2.24, 2.45) is 0 Å². The highest BCUT2D eigenvalue weighted by Crippen LogP contribution is 2.32. The minimum absolute atomic E-state index is 0.128. The van der Waals surface area contributed by atoms with Crippen molar-refractivity contribution < 1.29 is 41.9 Å². The van der Waals surface area contributed by atoms with E-state index in [0.29, 0.717) is 0 Å². The predicted octanol–water partition coefficient (Wildman–Crippen LogP) is 0.509. The maximum absolute atomic E-state index is 10.4. The Balaban J connectivity index is 2.20. The predicted molar refractivity (Wildman–Crippen MR) is 109 cm³/mol. The van der Waals surface area contributed by atoms with Crippen molar-refractivity contribution in [3.8, 4) is 0 Å². The summed E-state index contributed by atoms with van der Waals surface area (Å²) in [6.45, 7) is 0.385. The Morgan fingerprint density at radius 1 is 0.846 bits per heavy atom. The highest BCUT2D eigenvalue weighted by Gasteiger charge is 2.49. The van der Waals surface area contributed by atoms with E-state index in [2.05, 4.69) is 47.3 Å². The van der Waals surface area contributed by atoms with E-state index in [0.717, 1.165) is 0 Å². The lowest BCUT2D eigenvalue weighted by Crippen LogP contribution is -2.61. The van der Waals surface area contributed by atoms with Gasteiger partial charge in [0.05, 0.1) is 19.5 Å². The fourth-order valence-corrected chi connectivity index (χ4v) is 4.05. The van der Waals surface area contributed by atoms with Crippen LogP contribution in [0.4, 0.5) is 0 Å². The smallest absolute Gasteiger partial charge is 0.187 e. The molecule has 2 aliphatic heterocycles. The van der Waals surface area contributed by atoms with Crippen LogP contribution < -0.4 is 0 Å². The van der Waals surface area contributed by atoms with Crippen LogP contribution in [0.2, 0.25) is 0 Å². The summed E-state index contributed by atoms with van der Waals surface area (Å²) in [5.74, 6) is 0. The molecule has 2 aliphatic rings. The van der Waals surface area contributed by atoms with E-state index in [1.54, 1.807) is 6.08 Å². The topological polar surface area (TPSA) is 94.1 Å². The molecule has 0 radical (unpaired) electrons. The van der Waals surface area contributed by atoms with Crippen LogP contribution >= 0.6 is 47.3 Å². The van der Waals surface area contributed by atoms with Gasteiger partial charge >= 0.3 is 0 Å². The second-order valence-corrected chi connectivity index (χ2v) is 7.09. The van der Waals surface area contributed by atoms with Crippen LogP contribution in [0, 0.1) is 0 Å². The molecule has 26 heavy (non-hydrogen) atoms. The van der Waals surface area contributed by atoms with E-state index in [9.17, 15) is 5.11 Å². The van der Waals surface area contributed by atoms with Gasteiger partial charge in [0.15, 0.2) is 12.4 Å². The number of hydrogen-bond acceptors (Lipinski definition) is 9. The van der Waals surface area contributed by atoms with E-state index in [-0.39, 0.29) is 13.2 Å². The average Bonchev–Trinajstić information content (AvgIpc) is 2.65. The van der Waals surface area contributed by atoms with Gasteiger partial charge < -0.3 is 41.9 Å². The van der Waals surface area contributed by atoms with Gasteiger partial charge in [-0.05, 0) is 6.08 Å². The third-order valence-corrected chi connectivity index (χ3v) is 5.44. The summed E-state index contributed by atoms with van der Waals surface area (Å²) >= 11 is 0. The van der Waals surface area contributed by atoms with Crippen LogP contribution in [-0.4, -0.2) is 67.3 Å². The molecule has 0 aliphatic carbocycles. The first kappa shape index (κ1) is 23.6. The van der Waals surface area contributed by atoms with E-state index < -0.39 is 49.0 Å². The van der Waals surface area contributed by atoms with Gasteiger partial charge in [-0.15, -0.1) is 0 Å². The molecule has 0 aromatic carbocycles. The van der Waals surface area contributed by atoms with Crippen molar-refractivity contribution >= 4 is 47.3 Å². The molecule has 9 unspecified atom stereocenters. The SMILES string of the molecule is O[C@H]1C(COP)O[C@@H](O[C@@H]2C(OP)C=COC2COP)C(OP)[C@H]1OP. The highest BCUT2D eigenvalue weighted by molar-refractivity contribution is 7.10. The molecule has 2 rings (SSSR count). The standard InChI is InChI=1S/C12H25O9P5/c13-8-6(3-15-22)17-12(11(21-26)10(8)20-25)18-9-5(19-24)1-2-14-7(9)4-16-23/h1-2,5-13H,3-4,22-26H2/t5?,6?,7?,8-,9+,10-,11?,12-/m0/s1. The lowest BCUT2D eigenvalue weighted by Gasteiger charge is -2.45. The molecule has 0 aromatic rings. The first-order valence-electron chi connectivity index (χ1n) is 7.62. The Morgan fingerprint density at radius 3 is 2.08 bits per heavy atom. The van der Waals surface area contributed by atoms with E-state index in [4.69, 9.17) is 36.8 Å². The minimum atomic E-state index is -0.971. The van der Waals surface area contributed by atoms with Crippen LogP contribution in [-0.2, 0) is 36.8 Å². The lowest BCUT2D eigenvalue weighted by atomic mass is 9.99. The lowest BCUT2D eigenvalue weighted by molar-refractivity contribution is -0.311. The number of aliphatic hydroxyl groups excluding tert-OH is 1. The van der Waals surface area contributed by atoms with Crippen LogP contribution in [0.3, 0.4) is 0 Å². The van der Waals surface area contributed by atoms with Crippen molar-refractivity contribution in [2.75, 3.05) is 13.2 Å². The van der Waals surface area contributed by atoms with Gasteiger partial charge in [-0.3, -0.25) is 0 Å². The Bertz CT molecular complexity index is 447. The van der Waals surface area contributed by atoms with Crippen molar-refractivity contribution in [1.82, 2.24) is 0 Å². The van der Waals surface area contributed by atoms with Gasteiger partial charge in [-0.1, -0.05) is 0 Å². The zero-order valence-electron chi connectivity index (χ0n) is 13.8. The fraction of sp³-hybridized carbons (Fsp3) is 0.833. The van der Waals surface area contributed by atoms with Gasteiger partial charge in [-0.2, -0.15) is 0 Å². The molecule has 1 N–H and O–H groups in total. The summed E-state index contributed by atoms with van der Waals surface area (Å²) in [5.41, 5.74) is 0. The van der Waals surface area contributed by atoms with Crippen LogP contribution in [0.25, 0.3) is 0 Å². The molecule has 14 heteroatoms. The fourth-order valence-electron chi connectivity index (χ4n) is 2.83. The Kier molecular flexibility index (Phi) is 11.1. The Morgan fingerprint density at radius 2 is 1.50 bits per heavy atom. The summed E-state index contributed by atoms with van der Waals surface area (Å²) in [7, 11) is 10.8. The normalized spacial score (nSPS) is 40.4. The van der Waals surface area contributed by atoms with Crippen molar-refractivity contribution in [3.05, 3.63) is 12.3 Å². The van der Waals surface area contributed by atoms with Crippen LogP contribution in [0.5, 0.6) is 0 Å². The van der Waals surface area contributed by atoms with Gasteiger partial charge in [0.2, 0.25) is 0 Å². The van der Waals surface area contributed by atoms with Gasteiger partial charge in [0.1, 0.15) is 36.6 Å². The molecule has 0 aromatic heterocycles. The molecule has 13 atom stereocenters. The summed E-state index contributed by atoms with van der Waals surface area (Å²) in [4.78, 5) is 0. The molecule has 0 saturated carbocycles. The second-order valence-electron chi connectivity index (χ2n) is 5.61. The Labute approximate surface area is 164 Å². The molecule has 0 bridgehead atoms. The molecule has 152 valence electrons. The molecule has 2 heterocycles. The number of aliphatic hydroxyl groups is 1. The second kappa shape index (κ2) is 12.2.